The van der Waals surface area contributed by atoms with Gasteiger partial charge in [-0.3, -0.25) is 9.19 Å². The molecule has 1 aliphatic carbocycles. The molecule has 7 heteroatoms. The second-order valence-electron chi connectivity index (χ2n) is 8.79. The van der Waals surface area contributed by atoms with E-state index in [9.17, 15) is 24.0 Å². The summed E-state index contributed by atoms with van der Waals surface area (Å²) in [7, 11) is -1.24. The van der Waals surface area contributed by atoms with Gasteiger partial charge in [-0.15, -0.1) is 0 Å². The van der Waals surface area contributed by atoms with Crippen LogP contribution < -0.4 is 0 Å². The lowest BCUT2D eigenvalue weighted by atomic mass is 9.92. The molecule has 1 aliphatic rings. The SMILES string of the molecule is CS(=O)c1ccc2nc(C3CC3)c(Cc3ccc(-c4ccccc4C(=O)O)cc3)c(C(=O)O)c2c1. The molecule has 2 N–H and O–H groups in total. The lowest BCUT2D eigenvalue weighted by Crippen LogP contribution is -2.10. The monoisotopic (exact) mass is 485 g/mol. The van der Waals surface area contributed by atoms with Crippen LogP contribution in [-0.4, -0.2) is 37.6 Å². The van der Waals surface area contributed by atoms with Gasteiger partial charge in [-0.25, -0.2) is 9.59 Å². The molecule has 5 rings (SSSR count). The highest BCUT2D eigenvalue weighted by atomic mass is 32.2. The maximum absolute atomic E-state index is 12.5. The fourth-order valence-electron chi connectivity index (χ4n) is 4.52. The summed E-state index contributed by atoms with van der Waals surface area (Å²) in [6.45, 7) is 0. The van der Waals surface area contributed by atoms with E-state index in [4.69, 9.17) is 4.98 Å². The Morgan fingerprint density at radius 1 is 0.971 bits per heavy atom. The minimum absolute atomic E-state index is 0.212. The van der Waals surface area contributed by atoms with Crippen LogP contribution in [0.2, 0.25) is 0 Å². The molecule has 4 aromatic rings. The van der Waals surface area contributed by atoms with Gasteiger partial charge < -0.3 is 10.2 Å². The number of carboxylic acids is 2. The topological polar surface area (TPSA) is 105 Å². The molecule has 1 fully saturated rings. The summed E-state index contributed by atoms with van der Waals surface area (Å²) in [4.78, 5) is 29.5. The van der Waals surface area contributed by atoms with E-state index in [1.54, 1.807) is 48.7 Å². The molecule has 35 heavy (non-hydrogen) atoms. The highest BCUT2D eigenvalue weighted by molar-refractivity contribution is 7.84. The van der Waals surface area contributed by atoms with E-state index in [0.717, 1.165) is 29.7 Å². The number of aromatic carboxylic acids is 2. The van der Waals surface area contributed by atoms with Crippen LogP contribution in [-0.2, 0) is 17.2 Å². The lowest BCUT2D eigenvalue weighted by molar-refractivity contribution is 0.0687. The van der Waals surface area contributed by atoms with Crippen LogP contribution in [0, 0.1) is 0 Å². The third kappa shape index (κ3) is 4.47. The molecule has 0 amide bonds. The van der Waals surface area contributed by atoms with Gasteiger partial charge in [0.05, 0.1) is 16.6 Å². The Bertz CT molecular complexity index is 1510. The third-order valence-electron chi connectivity index (χ3n) is 6.40. The molecule has 0 radical (unpaired) electrons. The van der Waals surface area contributed by atoms with Crippen molar-refractivity contribution in [2.45, 2.75) is 30.1 Å². The smallest absolute Gasteiger partial charge is 0.336 e. The van der Waals surface area contributed by atoms with Crippen molar-refractivity contribution >= 4 is 33.6 Å². The van der Waals surface area contributed by atoms with Crippen molar-refractivity contribution in [2.24, 2.45) is 0 Å². The molecule has 0 aliphatic heterocycles. The Labute approximate surface area is 204 Å². The Morgan fingerprint density at radius 2 is 1.69 bits per heavy atom. The number of nitrogens with zero attached hydrogens (tertiary/aromatic N) is 1. The van der Waals surface area contributed by atoms with E-state index < -0.39 is 22.7 Å². The van der Waals surface area contributed by atoms with E-state index in [2.05, 4.69) is 0 Å². The summed E-state index contributed by atoms with van der Waals surface area (Å²) in [5, 5.41) is 20.2. The highest BCUT2D eigenvalue weighted by Gasteiger charge is 2.31. The second kappa shape index (κ2) is 9.07. The summed E-state index contributed by atoms with van der Waals surface area (Å²) >= 11 is 0. The first-order chi connectivity index (χ1) is 16.8. The number of hydrogen-bond donors (Lipinski definition) is 2. The van der Waals surface area contributed by atoms with E-state index in [1.165, 1.54) is 0 Å². The fraction of sp³-hybridized carbons (Fsp3) is 0.179. The molecular weight excluding hydrogens is 462 g/mol. The van der Waals surface area contributed by atoms with Crippen LogP contribution in [0.5, 0.6) is 0 Å². The number of rotatable bonds is 7. The molecule has 1 saturated carbocycles. The summed E-state index contributed by atoms with van der Waals surface area (Å²) in [5.41, 5.74) is 4.86. The Hall–Kier alpha value is -3.84. The summed E-state index contributed by atoms with van der Waals surface area (Å²) in [6.07, 6.45) is 3.91. The minimum atomic E-state index is -1.24. The highest BCUT2D eigenvalue weighted by Crippen LogP contribution is 2.43. The van der Waals surface area contributed by atoms with E-state index in [1.807, 2.05) is 24.3 Å². The summed E-state index contributed by atoms with van der Waals surface area (Å²) < 4.78 is 12.1. The van der Waals surface area contributed by atoms with Crippen molar-refractivity contribution < 1.29 is 24.0 Å². The van der Waals surface area contributed by atoms with Gasteiger partial charge in [0.1, 0.15) is 0 Å². The molecule has 176 valence electrons. The lowest BCUT2D eigenvalue weighted by Gasteiger charge is -2.16. The number of fused-ring (bicyclic) bond motifs is 1. The minimum Gasteiger partial charge on any atom is -0.478 e. The number of pyridine rings is 1. The molecule has 1 unspecified atom stereocenters. The number of carbonyl (C=O) groups is 2. The number of benzene rings is 3. The van der Waals surface area contributed by atoms with Crippen LogP contribution in [0.1, 0.15) is 56.3 Å². The maximum Gasteiger partial charge on any atom is 0.336 e. The predicted octanol–water partition coefficient (Wildman–Crippen LogP) is 5.50. The van der Waals surface area contributed by atoms with E-state index in [0.29, 0.717) is 33.3 Å². The molecule has 1 heterocycles. The standard InChI is InChI=1S/C28H23NO5S/c1-35(34)19-12-13-24-22(15-19)25(28(32)33)23(26(29-24)18-10-11-18)14-16-6-8-17(9-7-16)20-4-2-3-5-21(20)27(30)31/h2-9,12-13,15,18H,10-11,14H2,1H3,(H,30,31)(H,32,33). The van der Waals surface area contributed by atoms with Crippen molar-refractivity contribution in [3.8, 4) is 11.1 Å². The normalized spacial score (nSPS) is 14.1. The van der Waals surface area contributed by atoms with Crippen LogP contribution in [0.25, 0.3) is 22.0 Å². The van der Waals surface area contributed by atoms with Gasteiger partial charge in [0.25, 0.3) is 0 Å². The van der Waals surface area contributed by atoms with Crippen molar-refractivity contribution in [2.75, 3.05) is 6.26 Å². The van der Waals surface area contributed by atoms with Crippen LogP contribution in [0.3, 0.4) is 0 Å². The Morgan fingerprint density at radius 3 is 2.31 bits per heavy atom. The third-order valence-corrected chi connectivity index (χ3v) is 7.32. The average molecular weight is 486 g/mol. The first-order valence-electron chi connectivity index (χ1n) is 11.3. The van der Waals surface area contributed by atoms with Crippen molar-refractivity contribution in [3.05, 3.63) is 94.7 Å². The van der Waals surface area contributed by atoms with Gasteiger partial charge >= 0.3 is 11.9 Å². The van der Waals surface area contributed by atoms with Gasteiger partial charge in [-0.2, -0.15) is 0 Å². The fourth-order valence-corrected chi connectivity index (χ4v) is 5.07. The molecule has 1 atom stereocenters. The Balaban J connectivity index is 1.60. The summed E-state index contributed by atoms with van der Waals surface area (Å²) in [5.74, 6) is -1.77. The largest absolute Gasteiger partial charge is 0.478 e. The Kier molecular flexibility index (Phi) is 5.94. The van der Waals surface area contributed by atoms with Gasteiger partial charge in [0, 0.05) is 45.4 Å². The summed E-state index contributed by atoms with van der Waals surface area (Å²) in [6, 6.07) is 19.5. The van der Waals surface area contributed by atoms with Gasteiger partial charge in [0.15, 0.2) is 0 Å². The van der Waals surface area contributed by atoms with Crippen molar-refractivity contribution in [3.63, 3.8) is 0 Å². The van der Waals surface area contributed by atoms with E-state index in [-0.39, 0.29) is 17.0 Å². The number of hydrogen-bond acceptors (Lipinski definition) is 4. The zero-order chi connectivity index (χ0) is 24.7. The molecule has 0 saturated heterocycles. The second-order valence-corrected chi connectivity index (χ2v) is 10.2. The quantitative estimate of drug-likeness (QED) is 0.358. The number of carboxylic acid groups (broad SMARTS) is 2. The van der Waals surface area contributed by atoms with Crippen molar-refractivity contribution in [1.82, 2.24) is 4.98 Å². The zero-order valence-electron chi connectivity index (χ0n) is 19.0. The van der Waals surface area contributed by atoms with Crippen molar-refractivity contribution in [1.29, 1.82) is 0 Å². The first kappa shape index (κ1) is 22.9. The van der Waals surface area contributed by atoms with Gasteiger partial charge in [-0.05, 0) is 59.4 Å². The first-order valence-corrected chi connectivity index (χ1v) is 12.8. The van der Waals surface area contributed by atoms with Crippen LogP contribution in [0.4, 0.5) is 0 Å². The molecule has 3 aromatic carbocycles. The van der Waals surface area contributed by atoms with Gasteiger partial charge in [-0.1, -0.05) is 42.5 Å². The zero-order valence-corrected chi connectivity index (χ0v) is 19.8. The molecule has 6 nitrogen and oxygen atoms in total. The molecule has 0 spiro atoms. The van der Waals surface area contributed by atoms with Crippen LogP contribution >= 0.6 is 0 Å². The predicted molar refractivity (Wildman–Crippen MR) is 135 cm³/mol. The molecule has 0 bridgehead atoms. The van der Waals surface area contributed by atoms with E-state index >= 15 is 0 Å². The number of aromatic nitrogens is 1. The van der Waals surface area contributed by atoms with Crippen LogP contribution in [0.15, 0.2) is 71.6 Å². The van der Waals surface area contributed by atoms with Gasteiger partial charge in [0.2, 0.25) is 0 Å². The molecule has 1 aromatic heterocycles. The maximum atomic E-state index is 12.5. The average Bonchev–Trinajstić information content (AvgIpc) is 3.69. The molecular formula is C28H23NO5S.